The molecular formula is C18H15N5O2. The minimum atomic E-state index is -0.509. The van der Waals surface area contributed by atoms with Crippen molar-refractivity contribution in [3.63, 3.8) is 0 Å². The lowest BCUT2D eigenvalue weighted by atomic mass is 10.2. The van der Waals surface area contributed by atoms with Crippen LogP contribution >= 0.6 is 0 Å². The molecule has 7 nitrogen and oxygen atoms in total. The second kappa shape index (κ2) is 8.26. The maximum atomic E-state index is 11.6. The molecule has 0 unspecified atom stereocenters. The van der Waals surface area contributed by atoms with Gasteiger partial charge in [-0.3, -0.25) is 4.57 Å². The molecule has 0 aliphatic heterocycles. The van der Waals surface area contributed by atoms with Gasteiger partial charge in [0, 0.05) is 24.8 Å². The number of rotatable bonds is 4. The summed E-state index contributed by atoms with van der Waals surface area (Å²) >= 11 is 0. The van der Waals surface area contributed by atoms with E-state index < -0.39 is 6.09 Å². The zero-order chi connectivity index (χ0) is 17.3. The third-order valence-corrected chi connectivity index (χ3v) is 3.14. The average molecular weight is 333 g/mol. The van der Waals surface area contributed by atoms with Crippen molar-refractivity contribution in [3.8, 4) is 17.8 Å². The van der Waals surface area contributed by atoms with E-state index in [1.165, 1.54) is 0 Å². The van der Waals surface area contributed by atoms with Gasteiger partial charge < -0.3 is 10.1 Å². The predicted octanol–water partition coefficient (Wildman–Crippen LogP) is 1.94. The molecule has 0 spiro atoms. The number of ether oxygens (including phenoxy) is 1. The Bertz CT molecular complexity index is 865. The van der Waals surface area contributed by atoms with Crippen LogP contribution in [0.5, 0.6) is 0 Å². The molecule has 0 radical (unpaired) electrons. The monoisotopic (exact) mass is 333 g/mol. The van der Waals surface area contributed by atoms with E-state index in [1.54, 1.807) is 35.7 Å². The number of imidazole rings is 1. The van der Waals surface area contributed by atoms with E-state index in [-0.39, 0.29) is 13.2 Å². The van der Waals surface area contributed by atoms with E-state index in [1.807, 2.05) is 30.3 Å². The van der Waals surface area contributed by atoms with Gasteiger partial charge in [-0.1, -0.05) is 42.2 Å². The highest BCUT2D eigenvalue weighted by atomic mass is 16.5. The molecule has 1 amide bonds. The number of nitrogens with zero attached hydrogens (tertiary/aromatic N) is 4. The molecular weight excluding hydrogens is 318 g/mol. The number of carbonyl (C=O) groups is 1. The maximum Gasteiger partial charge on any atom is 0.408 e. The highest BCUT2D eigenvalue weighted by Crippen LogP contribution is 2.01. The van der Waals surface area contributed by atoms with Crippen LogP contribution in [-0.2, 0) is 11.3 Å². The van der Waals surface area contributed by atoms with Crippen molar-refractivity contribution >= 4 is 6.09 Å². The molecule has 3 rings (SSSR count). The molecule has 7 heteroatoms. The summed E-state index contributed by atoms with van der Waals surface area (Å²) in [7, 11) is 0. The van der Waals surface area contributed by atoms with Crippen molar-refractivity contribution in [3.05, 3.63) is 72.6 Å². The summed E-state index contributed by atoms with van der Waals surface area (Å²) in [5, 5.41) is 2.57. The lowest BCUT2D eigenvalue weighted by Crippen LogP contribution is -2.24. The van der Waals surface area contributed by atoms with Gasteiger partial charge >= 0.3 is 6.09 Å². The molecule has 0 atom stereocenters. The molecule has 1 aromatic carbocycles. The van der Waals surface area contributed by atoms with E-state index in [0.717, 1.165) is 5.56 Å². The molecule has 124 valence electrons. The number of benzene rings is 1. The zero-order valence-corrected chi connectivity index (χ0v) is 13.3. The molecule has 0 bridgehead atoms. The highest BCUT2D eigenvalue weighted by molar-refractivity contribution is 5.67. The third kappa shape index (κ3) is 4.91. The Hall–Kier alpha value is -3.66. The van der Waals surface area contributed by atoms with Gasteiger partial charge in [0.05, 0.1) is 12.1 Å². The van der Waals surface area contributed by atoms with Gasteiger partial charge in [0.2, 0.25) is 5.95 Å². The molecule has 0 fully saturated rings. The summed E-state index contributed by atoms with van der Waals surface area (Å²) in [4.78, 5) is 23.9. The molecule has 25 heavy (non-hydrogen) atoms. The standard InChI is InChI=1S/C18H15N5O2/c24-18(25-13-15-5-2-1-3-6-15)20-8-4-7-16-11-21-17(22-12-16)23-10-9-19-14-23/h1-3,5-6,9-12,14H,8,13H2,(H,20,24). The van der Waals surface area contributed by atoms with Gasteiger partial charge in [0.15, 0.2) is 0 Å². The van der Waals surface area contributed by atoms with Gasteiger partial charge in [0.25, 0.3) is 0 Å². The first-order chi connectivity index (χ1) is 12.3. The second-order valence-corrected chi connectivity index (χ2v) is 4.96. The Morgan fingerprint density at radius 3 is 2.72 bits per heavy atom. The lowest BCUT2D eigenvalue weighted by molar-refractivity contribution is 0.141. The maximum absolute atomic E-state index is 11.6. The smallest absolute Gasteiger partial charge is 0.408 e. The van der Waals surface area contributed by atoms with Crippen molar-refractivity contribution in [2.75, 3.05) is 6.54 Å². The highest BCUT2D eigenvalue weighted by Gasteiger charge is 2.00. The first-order valence-electron chi connectivity index (χ1n) is 7.55. The first-order valence-corrected chi connectivity index (χ1v) is 7.55. The Balaban J connectivity index is 1.44. The van der Waals surface area contributed by atoms with Crippen LogP contribution in [0.1, 0.15) is 11.1 Å². The number of hydrogen-bond acceptors (Lipinski definition) is 5. The molecule has 1 N–H and O–H groups in total. The van der Waals surface area contributed by atoms with Crippen LogP contribution in [0.3, 0.4) is 0 Å². The fraction of sp³-hybridized carbons (Fsp3) is 0.111. The summed E-state index contributed by atoms with van der Waals surface area (Å²) in [5.41, 5.74) is 1.59. The number of nitrogens with one attached hydrogen (secondary N) is 1. The summed E-state index contributed by atoms with van der Waals surface area (Å²) in [6, 6.07) is 9.47. The van der Waals surface area contributed by atoms with E-state index in [0.29, 0.717) is 11.5 Å². The Morgan fingerprint density at radius 1 is 1.20 bits per heavy atom. The summed E-state index contributed by atoms with van der Waals surface area (Å²) in [6.07, 6.45) is 7.74. The van der Waals surface area contributed by atoms with Crippen LogP contribution in [0.25, 0.3) is 5.95 Å². The van der Waals surface area contributed by atoms with Crippen molar-refractivity contribution in [2.45, 2.75) is 6.61 Å². The summed E-state index contributed by atoms with van der Waals surface area (Å²) < 4.78 is 6.78. The zero-order valence-electron chi connectivity index (χ0n) is 13.3. The molecule has 0 saturated heterocycles. The van der Waals surface area contributed by atoms with Gasteiger partial charge in [-0.2, -0.15) is 0 Å². The average Bonchev–Trinajstić information content (AvgIpc) is 3.20. The molecule has 3 aromatic rings. The second-order valence-electron chi connectivity index (χ2n) is 4.96. The quantitative estimate of drug-likeness (QED) is 0.738. The van der Waals surface area contributed by atoms with Gasteiger partial charge in [-0.05, 0) is 5.56 Å². The van der Waals surface area contributed by atoms with Gasteiger partial charge in [-0.25, -0.2) is 19.7 Å². The van der Waals surface area contributed by atoms with E-state index in [4.69, 9.17) is 4.74 Å². The number of amides is 1. The minimum absolute atomic E-state index is 0.177. The van der Waals surface area contributed by atoms with Crippen LogP contribution < -0.4 is 5.32 Å². The van der Waals surface area contributed by atoms with Crippen molar-refractivity contribution in [1.29, 1.82) is 0 Å². The molecule has 2 heterocycles. The normalized spacial score (nSPS) is 9.76. The van der Waals surface area contributed by atoms with Crippen molar-refractivity contribution in [2.24, 2.45) is 0 Å². The van der Waals surface area contributed by atoms with E-state index in [2.05, 4.69) is 32.1 Å². The van der Waals surface area contributed by atoms with Gasteiger partial charge in [0.1, 0.15) is 12.9 Å². The number of carbonyl (C=O) groups excluding carboxylic acids is 1. The van der Waals surface area contributed by atoms with E-state index in [9.17, 15) is 4.79 Å². The third-order valence-electron chi connectivity index (χ3n) is 3.14. The van der Waals surface area contributed by atoms with Crippen LogP contribution in [0, 0.1) is 11.8 Å². The SMILES string of the molecule is O=C(NCC#Cc1cnc(-n2ccnc2)nc1)OCc1ccccc1. The topological polar surface area (TPSA) is 81.9 Å². The minimum Gasteiger partial charge on any atom is -0.445 e. The number of aromatic nitrogens is 4. The van der Waals surface area contributed by atoms with Crippen LogP contribution in [0.2, 0.25) is 0 Å². The first kappa shape index (κ1) is 16.2. The van der Waals surface area contributed by atoms with Crippen molar-refractivity contribution in [1.82, 2.24) is 24.8 Å². The predicted molar refractivity (Wildman–Crippen MR) is 90.7 cm³/mol. The van der Waals surface area contributed by atoms with Crippen LogP contribution in [-0.4, -0.2) is 32.2 Å². The Morgan fingerprint density at radius 2 is 2.00 bits per heavy atom. The fourth-order valence-corrected chi connectivity index (χ4v) is 1.93. The molecule has 0 aliphatic rings. The Labute approximate surface area is 144 Å². The van der Waals surface area contributed by atoms with E-state index >= 15 is 0 Å². The Kier molecular flexibility index (Phi) is 5.36. The lowest BCUT2D eigenvalue weighted by Gasteiger charge is -2.04. The summed E-state index contributed by atoms with van der Waals surface area (Å²) in [6.45, 7) is 0.403. The number of hydrogen-bond donors (Lipinski definition) is 1. The molecule has 0 aliphatic carbocycles. The van der Waals surface area contributed by atoms with Gasteiger partial charge in [-0.15, -0.1) is 0 Å². The van der Waals surface area contributed by atoms with Crippen LogP contribution in [0.15, 0.2) is 61.4 Å². The summed E-state index contributed by atoms with van der Waals surface area (Å²) in [5.74, 6) is 6.22. The van der Waals surface area contributed by atoms with Crippen LogP contribution in [0.4, 0.5) is 4.79 Å². The number of alkyl carbamates (subject to hydrolysis) is 1. The molecule has 0 saturated carbocycles. The fourth-order valence-electron chi connectivity index (χ4n) is 1.93. The van der Waals surface area contributed by atoms with Crippen molar-refractivity contribution < 1.29 is 9.53 Å². The molecule has 2 aromatic heterocycles. The largest absolute Gasteiger partial charge is 0.445 e.